The summed E-state index contributed by atoms with van der Waals surface area (Å²) in [5.74, 6) is -0.493. The van der Waals surface area contributed by atoms with Crippen LogP contribution in [0, 0.1) is 0 Å². The highest BCUT2D eigenvalue weighted by molar-refractivity contribution is 5.92. The van der Waals surface area contributed by atoms with Crippen molar-refractivity contribution in [3.05, 3.63) is 35.4 Å². The monoisotopic (exact) mass is 167 g/mol. The van der Waals surface area contributed by atoms with Gasteiger partial charge in [0.15, 0.2) is 0 Å². The highest BCUT2D eigenvalue weighted by Gasteiger charge is 2.03. The number of primary amides is 1. The van der Waals surface area contributed by atoms with Crippen molar-refractivity contribution in [2.75, 3.05) is 0 Å². The lowest BCUT2D eigenvalue weighted by atomic mass is 10.1. The molecule has 1 atom stereocenters. The summed E-state index contributed by atoms with van der Waals surface area (Å²) in [6.07, 6.45) is -1.01. The van der Waals surface area contributed by atoms with Crippen molar-refractivity contribution < 1.29 is 9.18 Å². The molecule has 1 aromatic carbocycles. The van der Waals surface area contributed by atoms with Crippen LogP contribution in [0.4, 0.5) is 4.39 Å². The van der Waals surface area contributed by atoms with Crippen LogP contribution in [0.5, 0.6) is 0 Å². The van der Waals surface area contributed by atoms with Gasteiger partial charge in [-0.1, -0.05) is 12.1 Å². The van der Waals surface area contributed by atoms with E-state index < -0.39 is 12.1 Å². The van der Waals surface area contributed by atoms with E-state index in [4.69, 9.17) is 5.73 Å². The summed E-state index contributed by atoms with van der Waals surface area (Å²) in [6, 6.07) is 6.16. The molecule has 0 fully saturated rings. The Hall–Kier alpha value is -1.38. The molecule has 1 unspecified atom stereocenters. The van der Waals surface area contributed by atoms with Gasteiger partial charge in [-0.3, -0.25) is 4.79 Å². The van der Waals surface area contributed by atoms with Gasteiger partial charge in [0, 0.05) is 5.56 Å². The van der Waals surface area contributed by atoms with E-state index in [0.717, 1.165) is 0 Å². The van der Waals surface area contributed by atoms with Crippen LogP contribution in [-0.2, 0) is 0 Å². The Labute approximate surface area is 70.2 Å². The van der Waals surface area contributed by atoms with E-state index in [9.17, 15) is 9.18 Å². The minimum absolute atomic E-state index is 0.402. The minimum Gasteiger partial charge on any atom is -0.366 e. The van der Waals surface area contributed by atoms with Crippen LogP contribution in [0.2, 0.25) is 0 Å². The Kier molecular flexibility index (Phi) is 2.43. The van der Waals surface area contributed by atoms with E-state index in [2.05, 4.69) is 0 Å². The fourth-order valence-electron chi connectivity index (χ4n) is 0.913. The smallest absolute Gasteiger partial charge is 0.248 e. The van der Waals surface area contributed by atoms with E-state index in [0.29, 0.717) is 11.1 Å². The molecule has 0 saturated heterocycles. The predicted molar refractivity (Wildman–Crippen MR) is 44.5 cm³/mol. The van der Waals surface area contributed by atoms with Crippen LogP contribution < -0.4 is 5.73 Å². The van der Waals surface area contributed by atoms with Crippen molar-refractivity contribution in [1.82, 2.24) is 0 Å². The second-order valence-corrected chi connectivity index (χ2v) is 2.60. The van der Waals surface area contributed by atoms with E-state index in [-0.39, 0.29) is 0 Å². The molecule has 12 heavy (non-hydrogen) atoms. The normalized spacial score (nSPS) is 12.5. The van der Waals surface area contributed by atoms with E-state index in [1.807, 2.05) is 0 Å². The number of carbonyl (C=O) groups excluding carboxylic acids is 1. The second-order valence-electron chi connectivity index (χ2n) is 2.60. The van der Waals surface area contributed by atoms with E-state index in [1.54, 1.807) is 12.1 Å². The summed E-state index contributed by atoms with van der Waals surface area (Å²) in [6.45, 7) is 1.44. The first-order valence-electron chi connectivity index (χ1n) is 3.65. The zero-order valence-corrected chi connectivity index (χ0v) is 6.75. The third-order valence-corrected chi connectivity index (χ3v) is 1.65. The van der Waals surface area contributed by atoms with Crippen LogP contribution in [0.25, 0.3) is 0 Å². The highest BCUT2D eigenvalue weighted by Crippen LogP contribution is 2.16. The first kappa shape index (κ1) is 8.71. The van der Waals surface area contributed by atoms with E-state index in [1.165, 1.54) is 19.1 Å². The lowest BCUT2D eigenvalue weighted by Gasteiger charge is -2.01. The highest BCUT2D eigenvalue weighted by atomic mass is 19.1. The van der Waals surface area contributed by atoms with Crippen LogP contribution >= 0.6 is 0 Å². The molecule has 0 bridgehead atoms. The maximum Gasteiger partial charge on any atom is 0.248 e. The van der Waals surface area contributed by atoms with Gasteiger partial charge < -0.3 is 5.73 Å². The Morgan fingerprint density at radius 3 is 2.25 bits per heavy atom. The predicted octanol–water partition coefficient (Wildman–Crippen LogP) is 1.82. The molecule has 0 radical (unpaired) electrons. The Balaban J connectivity index is 2.93. The van der Waals surface area contributed by atoms with Gasteiger partial charge in [0.05, 0.1) is 0 Å². The van der Waals surface area contributed by atoms with Crippen molar-refractivity contribution in [3.63, 3.8) is 0 Å². The van der Waals surface area contributed by atoms with E-state index >= 15 is 0 Å². The van der Waals surface area contributed by atoms with Gasteiger partial charge in [0.2, 0.25) is 5.91 Å². The van der Waals surface area contributed by atoms with Crippen LogP contribution in [0.15, 0.2) is 24.3 Å². The molecule has 1 amide bonds. The molecule has 0 aromatic heterocycles. The lowest BCUT2D eigenvalue weighted by Crippen LogP contribution is -2.10. The van der Waals surface area contributed by atoms with Gasteiger partial charge in [-0.05, 0) is 24.6 Å². The SMILES string of the molecule is CC(F)c1ccc(C(N)=O)cc1. The Morgan fingerprint density at radius 1 is 1.42 bits per heavy atom. The summed E-state index contributed by atoms with van der Waals surface area (Å²) in [4.78, 5) is 10.6. The van der Waals surface area contributed by atoms with Crippen LogP contribution in [0.3, 0.4) is 0 Å². The van der Waals surface area contributed by atoms with Crippen molar-refractivity contribution in [3.8, 4) is 0 Å². The molecule has 1 aromatic rings. The Morgan fingerprint density at radius 2 is 1.92 bits per heavy atom. The summed E-state index contributed by atoms with van der Waals surface area (Å²) in [7, 11) is 0. The zero-order valence-electron chi connectivity index (χ0n) is 6.75. The molecule has 0 aliphatic rings. The quantitative estimate of drug-likeness (QED) is 0.717. The summed E-state index contributed by atoms with van der Waals surface area (Å²) in [5, 5.41) is 0. The van der Waals surface area contributed by atoms with Crippen LogP contribution in [-0.4, -0.2) is 5.91 Å². The average Bonchev–Trinajstić information content (AvgIpc) is 2.04. The molecule has 1 rings (SSSR count). The molecule has 0 aliphatic carbocycles. The number of carbonyl (C=O) groups is 1. The number of rotatable bonds is 2. The topological polar surface area (TPSA) is 43.1 Å². The molecule has 64 valence electrons. The third-order valence-electron chi connectivity index (χ3n) is 1.65. The summed E-state index contributed by atoms with van der Waals surface area (Å²) < 4.78 is 12.7. The van der Waals surface area contributed by atoms with Crippen molar-refractivity contribution in [2.45, 2.75) is 13.1 Å². The Bertz CT molecular complexity index is 279. The number of benzene rings is 1. The van der Waals surface area contributed by atoms with Crippen molar-refractivity contribution >= 4 is 5.91 Å². The number of halogens is 1. The maximum atomic E-state index is 12.7. The maximum absolute atomic E-state index is 12.7. The minimum atomic E-state index is -1.01. The third kappa shape index (κ3) is 1.81. The summed E-state index contributed by atoms with van der Waals surface area (Å²) in [5.41, 5.74) is 5.97. The van der Waals surface area contributed by atoms with Crippen molar-refractivity contribution in [1.29, 1.82) is 0 Å². The van der Waals surface area contributed by atoms with Gasteiger partial charge in [-0.2, -0.15) is 0 Å². The van der Waals surface area contributed by atoms with Gasteiger partial charge >= 0.3 is 0 Å². The molecular weight excluding hydrogens is 157 g/mol. The molecule has 2 nitrogen and oxygen atoms in total. The number of nitrogens with two attached hydrogens (primary N) is 1. The van der Waals surface area contributed by atoms with Crippen molar-refractivity contribution in [2.24, 2.45) is 5.73 Å². The van der Waals surface area contributed by atoms with Gasteiger partial charge in [-0.15, -0.1) is 0 Å². The molecule has 0 heterocycles. The molecular formula is C9H10FNO. The molecule has 3 heteroatoms. The largest absolute Gasteiger partial charge is 0.366 e. The molecule has 0 spiro atoms. The first-order chi connectivity index (χ1) is 5.61. The standard InChI is InChI=1S/C9H10FNO/c1-6(10)7-2-4-8(5-3-7)9(11)12/h2-6H,1H3,(H2,11,12). The molecule has 2 N–H and O–H groups in total. The molecule has 0 aliphatic heterocycles. The van der Waals surface area contributed by atoms with Gasteiger partial charge in [0.25, 0.3) is 0 Å². The number of alkyl halides is 1. The van der Waals surface area contributed by atoms with Gasteiger partial charge in [0.1, 0.15) is 6.17 Å². The second kappa shape index (κ2) is 3.34. The number of hydrogen-bond acceptors (Lipinski definition) is 1. The number of amides is 1. The average molecular weight is 167 g/mol. The summed E-state index contributed by atoms with van der Waals surface area (Å²) >= 11 is 0. The lowest BCUT2D eigenvalue weighted by molar-refractivity contribution is 0.1000. The van der Waals surface area contributed by atoms with Crippen LogP contribution in [0.1, 0.15) is 29.0 Å². The fourth-order valence-corrected chi connectivity index (χ4v) is 0.913. The zero-order chi connectivity index (χ0) is 9.14. The van der Waals surface area contributed by atoms with Gasteiger partial charge in [-0.25, -0.2) is 4.39 Å². The first-order valence-corrected chi connectivity index (χ1v) is 3.65. The number of hydrogen-bond donors (Lipinski definition) is 1. The fraction of sp³-hybridized carbons (Fsp3) is 0.222. The molecule has 0 saturated carbocycles.